The van der Waals surface area contributed by atoms with Gasteiger partial charge in [-0.2, -0.15) is 26.3 Å². The number of hydrogen-bond acceptors (Lipinski definition) is 12. The Kier molecular flexibility index (Phi) is 8.57. The van der Waals surface area contributed by atoms with E-state index in [-0.39, 0.29) is 17.0 Å². The fourth-order valence-corrected chi connectivity index (χ4v) is 5.00. The molecule has 2 aromatic heterocycles. The van der Waals surface area contributed by atoms with Gasteiger partial charge in [-0.3, -0.25) is 14.2 Å². The third-order valence-corrected chi connectivity index (χ3v) is 7.21. The van der Waals surface area contributed by atoms with Crippen LogP contribution in [0.25, 0.3) is 11.2 Å². The molecule has 0 aliphatic carbocycles. The monoisotopic (exact) mass is 603 g/mol. The Morgan fingerprint density at radius 2 is 1.83 bits per heavy atom. The van der Waals surface area contributed by atoms with Crippen molar-refractivity contribution in [2.75, 3.05) is 12.3 Å². The lowest BCUT2D eigenvalue weighted by Gasteiger charge is -2.17. The second-order valence-corrected chi connectivity index (χ2v) is 10.5. The van der Waals surface area contributed by atoms with Gasteiger partial charge in [0.25, 0.3) is 0 Å². The molecule has 1 fully saturated rings. The van der Waals surface area contributed by atoms with Crippen LogP contribution in [0.1, 0.15) is 41.1 Å². The van der Waals surface area contributed by atoms with Gasteiger partial charge in [-0.25, -0.2) is 19.7 Å². The Morgan fingerprint density at radius 1 is 1.12 bits per heavy atom. The Labute approximate surface area is 229 Å². The number of alkyl halides is 3. The molecule has 19 heteroatoms. The van der Waals surface area contributed by atoms with Crippen LogP contribution in [0.3, 0.4) is 0 Å². The smallest absolute Gasteiger partial charge is 0.387 e. The quantitative estimate of drug-likeness (QED) is 0.157. The average molecular weight is 604 g/mol. The number of halogens is 3. The lowest BCUT2D eigenvalue weighted by molar-refractivity contribution is -0.206. The number of rotatable bonds is 10. The second kappa shape index (κ2) is 11.6. The van der Waals surface area contributed by atoms with Crippen LogP contribution in [0, 0.1) is 0 Å². The molecule has 3 heterocycles. The maximum atomic E-state index is 12.9. The predicted octanol–water partition coefficient (Wildman–Crippen LogP) is -0.763. The van der Waals surface area contributed by atoms with Crippen molar-refractivity contribution in [1.82, 2.24) is 29.0 Å². The van der Waals surface area contributed by atoms with Crippen molar-refractivity contribution in [3.63, 3.8) is 0 Å². The van der Waals surface area contributed by atoms with E-state index in [0.29, 0.717) is 0 Å². The van der Waals surface area contributed by atoms with Crippen molar-refractivity contribution in [2.45, 2.75) is 49.7 Å². The number of nitrogen functional groups attached to an aromatic ring is 1. The SMILES string of the molecule is Nc1ncnc2c1ncn2[C@@H]1O[C@H](CNS(=O)(=O)NC(=O)CCC(=O)c2ccccc2C(O)C(F)(F)F)[C@@H](O)[C@H]1O. The molecule has 41 heavy (non-hydrogen) atoms. The lowest BCUT2D eigenvalue weighted by Crippen LogP contribution is -2.45. The van der Waals surface area contributed by atoms with Gasteiger partial charge < -0.3 is 25.8 Å². The second-order valence-electron chi connectivity index (χ2n) is 8.96. The maximum Gasteiger partial charge on any atom is 0.418 e. The largest absolute Gasteiger partial charge is 0.418 e. The highest BCUT2D eigenvalue weighted by Crippen LogP contribution is 2.35. The Balaban J connectivity index is 1.32. The number of nitrogens with one attached hydrogen (secondary N) is 2. The fourth-order valence-electron chi connectivity index (χ4n) is 4.14. The van der Waals surface area contributed by atoms with Crippen LogP contribution in [-0.4, -0.2) is 86.0 Å². The van der Waals surface area contributed by atoms with Gasteiger partial charge in [0.05, 0.1) is 6.33 Å². The number of Topliss-reactive ketones (excluding diaryl/α,β-unsaturated/α-hetero) is 1. The van der Waals surface area contributed by atoms with Crippen LogP contribution in [0.15, 0.2) is 36.9 Å². The normalized spacial score (nSPS) is 22.1. The molecule has 222 valence electrons. The summed E-state index contributed by atoms with van der Waals surface area (Å²) in [7, 11) is -4.55. The number of fused-ring (bicyclic) bond motifs is 1. The summed E-state index contributed by atoms with van der Waals surface area (Å²) in [6.07, 6.45) is -12.5. The minimum Gasteiger partial charge on any atom is -0.387 e. The Morgan fingerprint density at radius 3 is 2.54 bits per heavy atom. The summed E-state index contributed by atoms with van der Waals surface area (Å²) in [6.45, 7) is -0.595. The summed E-state index contributed by atoms with van der Waals surface area (Å²) in [6, 6.07) is 4.43. The first-order valence-corrected chi connectivity index (χ1v) is 13.3. The van der Waals surface area contributed by atoms with E-state index in [1.54, 1.807) is 4.72 Å². The highest BCUT2D eigenvalue weighted by atomic mass is 32.2. The van der Waals surface area contributed by atoms with E-state index in [4.69, 9.17) is 10.5 Å². The van der Waals surface area contributed by atoms with Crippen LogP contribution in [-0.2, 0) is 19.7 Å². The predicted molar refractivity (Wildman–Crippen MR) is 132 cm³/mol. The van der Waals surface area contributed by atoms with Crippen molar-refractivity contribution in [2.24, 2.45) is 0 Å². The number of hydrogen-bond donors (Lipinski definition) is 6. The van der Waals surface area contributed by atoms with Gasteiger partial charge in [-0.05, 0) is 0 Å². The molecule has 4 rings (SSSR count). The number of ether oxygens (including phenoxy) is 1. The maximum absolute atomic E-state index is 12.9. The van der Waals surface area contributed by atoms with Gasteiger partial charge in [0.15, 0.2) is 29.6 Å². The van der Waals surface area contributed by atoms with E-state index in [9.17, 15) is 46.5 Å². The minimum absolute atomic E-state index is 0.0617. The molecule has 3 aromatic rings. The van der Waals surface area contributed by atoms with Crippen LogP contribution in [0.5, 0.6) is 0 Å². The molecule has 0 radical (unpaired) electrons. The molecule has 1 aromatic carbocycles. The molecule has 1 unspecified atom stereocenters. The molecule has 5 atom stereocenters. The van der Waals surface area contributed by atoms with E-state index < -0.39 is 89.2 Å². The molecule has 0 saturated carbocycles. The molecule has 15 nitrogen and oxygen atoms in total. The first-order valence-electron chi connectivity index (χ1n) is 11.8. The molecular weight excluding hydrogens is 579 g/mol. The van der Waals surface area contributed by atoms with E-state index >= 15 is 0 Å². The van der Waals surface area contributed by atoms with Gasteiger partial charge in [0, 0.05) is 30.5 Å². The summed E-state index contributed by atoms with van der Waals surface area (Å²) in [5.74, 6) is -2.02. The highest BCUT2D eigenvalue weighted by Gasteiger charge is 2.45. The van der Waals surface area contributed by atoms with E-state index in [2.05, 4.69) is 15.0 Å². The molecule has 0 spiro atoms. The zero-order valence-corrected chi connectivity index (χ0v) is 21.6. The summed E-state index contributed by atoms with van der Waals surface area (Å²) >= 11 is 0. The number of amides is 1. The number of imidazole rings is 1. The fraction of sp³-hybridized carbons (Fsp3) is 0.409. The molecular formula is C22H24F3N7O8S. The molecule has 7 N–H and O–H groups in total. The summed E-state index contributed by atoms with van der Waals surface area (Å²) < 4.78 is 74.0. The van der Waals surface area contributed by atoms with Crippen LogP contribution >= 0.6 is 0 Å². The summed E-state index contributed by atoms with van der Waals surface area (Å²) in [5, 5.41) is 30.4. The van der Waals surface area contributed by atoms with E-state index in [1.807, 2.05) is 4.72 Å². The minimum atomic E-state index is -5.03. The number of aliphatic hydroxyl groups is 3. The number of nitrogens with zero attached hydrogens (tertiary/aromatic N) is 4. The number of benzene rings is 1. The van der Waals surface area contributed by atoms with Gasteiger partial charge in [0.2, 0.25) is 5.91 Å². The third kappa shape index (κ3) is 6.60. The third-order valence-electron chi connectivity index (χ3n) is 6.17. The average Bonchev–Trinajstić information content (AvgIpc) is 3.46. The number of carbonyl (C=O) groups excluding carboxylic acids is 2. The van der Waals surface area contributed by atoms with Crippen molar-refractivity contribution in [3.05, 3.63) is 48.0 Å². The van der Waals surface area contributed by atoms with Gasteiger partial charge >= 0.3 is 16.4 Å². The molecule has 1 saturated heterocycles. The first-order chi connectivity index (χ1) is 19.2. The number of ketones is 1. The molecule has 0 bridgehead atoms. The molecule has 1 aliphatic rings. The molecule has 1 aliphatic heterocycles. The topological polar surface area (TPSA) is 232 Å². The number of nitrogens with two attached hydrogens (primary N) is 1. The van der Waals surface area contributed by atoms with Crippen molar-refractivity contribution < 1.29 is 51.2 Å². The zero-order valence-electron chi connectivity index (χ0n) is 20.8. The first kappa shape index (κ1) is 30.2. The number of carbonyl (C=O) groups is 2. The van der Waals surface area contributed by atoms with Crippen LogP contribution < -0.4 is 15.2 Å². The standard InChI is InChI=1S/C22H24F3N7O8S/c23-22(24,25)18(37)11-4-2-1-3-10(11)12(33)5-6-14(34)31-41(38,39)30-7-13-16(35)17(36)21(40-13)32-9-29-15-19(26)27-8-28-20(15)32/h1-4,8-9,13,16-18,21,30,35-37H,5-7H2,(H,31,34)(H2,26,27,28)/t13-,16-,17-,18?,21-/m1/s1. The summed E-state index contributed by atoms with van der Waals surface area (Å²) in [4.78, 5) is 36.5. The Hall–Kier alpha value is -3.75. The Bertz CT molecular complexity index is 1550. The van der Waals surface area contributed by atoms with Crippen LogP contribution in [0.2, 0.25) is 0 Å². The van der Waals surface area contributed by atoms with E-state index in [0.717, 1.165) is 18.5 Å². The van der Waals surface area contributed by atoms with Gasteiger partial charge in [0.1, 0.15) is 30.2 Å². The lowest BCUT2D eigenvalue weighted by atomic mass is 9.96. The van der Waals surface area contributed by atoms with Gasteiger partial charge in [-0.15, -0.1) is 0 Å². The van der Waals surface area contributed by atoms with Crippen LogP contribution in [0.4, 0.5) is 19.0 Å². The number of aromatic nitrogens is 4. The highest BCUT2D eigenvalue weighted by molar-refractivity contribution is 7.88. The van der Waals surface area contributed by atoms with E-state index in [1.165, 1.54) is 23.0 Å². The number of aliphatic hydroxyl groups excluding tert-OH is 3. The van der Waals surface area contributed by atoms with Crippen molar-refractivity contribution >= 4 is 38.9 Å². The number of anilines is 1. The van der Waals surface area contributed by atoms with Crippen molar-refractivity contribution in [3.8, 4) is 0 Å². The zero-order chi connectivity index (χ0) is 30.1. The summed E-state index contributed by atoms with van der Waals surface area (Å²) in [5.41, 5.74) is 4.97. The van der Waals surface area contributed by atoms with Gasteiger partial charge in [-0.1, -0.05) is 24.3 Å². The molecule has 1 amide bonds. The van der Waals surface area contributed by atoms with Crippen molar-refractivity contribution in [1.29, 1.82) is 0 Å².